The number of para-hydroxylation sites is 2. The molecule has 0 saturated heterocycles. The maximum Gasteiger partial charge on any atom is 0.237 e. The molecule has 0 fully saturated rings. The number of carbonyl (C=O) groups excluding carboxylic acids is 1. The second kappa shape index (κ2) is 7.75. The summed E-state index contributed by atoms with van der Waals surface area (Å²) in [6.45, 7) is 0.596. The molecule has 5 nitrogen and oxygen atoms in total. The van der Waals surface area contributed by atoms with Gasteiger partial charge in [0, 0.05) is 13.0 Å². The van der Waals surface area contributed by atoms with Crippen molar-refractivity contribution in [3.05, 3.63) is 66.0 Å². The molecule has 5 heteroatoms. The van der Waals surface area contributed by atoms with Crippen molar-refractivity contribution in [2.45, 2.75) is 25.3 Å². The largest absolute Gasteiger partial charge is 0.355 e. The number of nitrogens with one attached hydrogen (secondary N) is 2. The molecule has 24 heavy (non-hydrogen) atoms. The summed E-state index contributed by atoms with van der Waals surface area (Å²) < 4.78 is 0. The zero-order valence-corrected chi connectivity index (χ0v) is 13.5. The van der Waals surface area contributed by atoms with Gasteiger partial charge in [0.2, 0.25) is 5.91 Å². The summed E-state index contributed by atoms with van der Waals surface area (Å²) in [6, 6.07) is 17.3. The van der Waals surface area contributed by atoms with Crippen LogP contribution in [0.15, 0.2) is 54.6 Å². The third-order valence-corrected chi connectivity index (χ3v) is 3.96. The zero-order chi connectivity index (χ0) is 16.8. The molecule has 0 bridgehead atoms. The summed E-state index contributed by atoms with van der Waals surface area (Å²) in [5, 5.41) is 2.90. The van der Waals surface area contributed by atoms with Gasteiger partial charge in [0.25, 0.3) is 0 Å². The maximum atomic E-state index is 12.0. The molecule has 0 radical (unpaired) electrons. The van der Waals surface area contributed by atoms with Gasteiger partial charge in [-0.25, -0.2) is 4.98 Å². The quantitative estimate of drug-likeness (QED) is 0.583. The monoisotopic (exact) mass is 322 g/mol. The third kappa shape index (κ3) is 4.20. The fraction of sp³-hybridized carbons (Fsp3) is 0.263. The molecule has 4 N–H and O–H groups in total. The number of nitrogens with two attached hydrogens (primary N) is 1. The van der Waals surface area contributed by atoms with Gasteiger partial charge >= 0.3 is 0 Å². The summed E-state index contributed by atoms with van der Waals surface area (Å²) in [6.07, 6.45) is 2.17. The van der Waals surface area contributed by atoms with E-state index >= 15 is 0 Å². The van der Waals surface area contributed by atoms with E-state index in [4.69, 9.17) is 5.73 Å². The van der Waals surface area contributed by atoms with Crippen LogP contribution in [0.4, 0.5) is 0 Å². The highest BCUT2D eigenvalue weighted by molar-refractivity contribution is 5.81. The second-order valence-electron chi connectivity index (χ2n) is 5.89. The first-order valence-electron chi connectivity index (χ1n) is 8.23. The van der Waals surface area contributed by atoms with Crippen LogP contribution in [0.3, 0.4) is 0 Å². The standard InChI is InChI=1S/C19H22N4O/c20-15(13-14-7-2-1-3-8-14)19(24)21-12-6-11-18-22-16-9-4-5-10-17(16)23-18/h1-5,7-10,15H,6,11-13,20H2,(H,21,24)(H,22,23). The third-order valence-electron chi connectivity index (χ3n) is 3.96. The number of hydrogen-bond donors (Lipinski definition) is 3. The Morgan fingerprint density at radius 3 is 2.67 bits per heavy atom. The number of aryl methyl sites for hydroxylation is 1. The van der Waals surface area contributed by atoms with Crippen LogP contribution in [0.1, 0.15) is 17.8 Å². The first-order chi connectivity index (χ1) is 11.7. The predicted molar refractivity (Wildman–Crippen MR) is 95.5 cm³/mol. The number of amides is 1. The van der Waals surface area contributed by atoms with Crippen LogP contribution in [0.5, 0.6) is 0 Å². The lowest BCUT2D eigenvalue weighted by atomic mass is 10.1. The topological polar surface area (TPSA) is 83.8 Å². The number of imidazole rings is 1. The summed E-state index contributed by atoms with van der Waals surface area (Å²) in [4.78, 5) is 19.9. The number of H-pyrrole nitrogens is 1. The lowest BCUT2D eigenvalue weighted by Crippen LogP contribution is -2.42. The molecule has 0 saturated carbocycles. The van der Waals surface area contributed by atoms with Gasteiger partial charge in [-0.2, -0.15) is 0 Å². The highest BCUT2D eigenvalue weighted by Gasteiger charge is 2.13. The van der Waals surface area contributed by atoms with Crippen molar-refractivity contribution in [3.8, 4) is 0 Å². The Balaban J connectivity index is 1.41. The van der Waals surface area contributed by atoms with Crippen LogP contribution in [-0.4, -0.2) is 28.5 Å². The minimum atomic E-state index is -0.515. The first kappa shape index (κ1) is 16.2. The van der Waals surface area contributed by atoms with Crippen molar-refractivity contribution in [1.29, 1.82) is 0 Å². The molecule has 3 rings (SSSR count). The maximum absolute atomic E-state index is 12.0. The molecule has 1 unspecified atom stereocenters. The smallest absolute Gasteiger partial charge is 0.237 e. The van der Waals surface area contributed by atoms with Crippen molar-refractivity contribution >= 4 is 16.9 Å². The van der Waals surface area contributed by atoms with Gasteiger partial charge in [-0.3, -0.25) is 4.79 Å². The van der Waals surface area contributed by atoms with E-state index in [1.807, 2.05) is 54.6 Å². The van der Waals surface area contributed by atoms with E-state index in [1.165, 1.54) is 0 Å². The SMILES string of the molecule is NC(Cc1ccccc1)C(=O)NCCCc1nc2ccccc2[nH]1. The van der Waals surface area contributed by atoms with Gasteiger partial charge in [0.1, 0.15) is 5.82 Å². The molecule has 0 aliphatic carbocycles. The highest BCUT2D eigenvalue weighted by Crippen LogP contribution is 2.11. The molecule has 1 amide bonds. The highest BCUT2D eigenvalue weighted by atomic mass is 16.2. The first-order valence-corrected chi connectivity index (χ1v) is 8.23. The van der Waals surface area contributed by atoms with E-state index in [2.05, 4.69) is 15.3 Å². The van der Waals surface area contributed by atoms with Gasteiger partial charge in [0.05, 0.1) is 17.1 Å². The zero-order valence-electron chi connectivity index (χ0n) is 13.5. The summed E-state index contributed by atoms with van der Waals surface area (Å²) in [7, 11) is 0. The average molecular weight is 322 g/mol. The lowest BCUT2D eigenvalue weighted by Gasteiger charge is -2.12. The molecule has 1 heterocycles. The molecule has 124 valence electrons. The van der Waals surface area contributed by atoms with Crippen LogP contribution >= 0.6 is 0 Å². The van der Waals surface area contributed by atoms with E-state index in [-0.39, 0.29) is 5.91 Å². The van der Waals surface area contributed by atoms with Gasteiger partial charge in [-0.15, -0.1) is 0 Å². The van der Waals surface area contributed by atoms with Crippen molar-refractivity contribution in [2.75, 3.05) is 6.54 Å². The Morgan fingerprint density at radius 1 is 1.12 bits per heavy atom. The predicted octanol–water partition coefficient (Wildman–Crippen LogP) is 2.18. The number of aromatic nitrogens is 2. The number of carbonyl (C=O) groups is 1. The Hall–Kier alpha value is -2.66. The summed E-state index contributed by atoms with van der Waals surface area (Å²) in [5.74, 6) is 0.836. The van der Waals surface area contributed by atoms with Crippen LogP contribution < -0.4 is 11.1 Å². The van der Waals surface area contributed by atoms with E-state index < -0.39 is 6.04 Å². The summed E-state index contributed by atoms with van der Waals surface area (Å²) >= 11 is 0. The lowest BCUT2D eigenvalue weighted by molar-refractivity contribution is -0.122. The van der Waals surface area contributed by atoms with E-state index in [9.17, 15) is 4.79 Å². The van der Waals surface area contributed by atoms with E-state index in [0.29, 0.717) is 13.0 Å². The number of nitrogens with zero attached hydrogens (tertiary/aromatic N) is 1. The fourth-order valence-electron chi connectivity index (χ4n) is 2.68. The summed E-state index contributed by atoms with van der Waals surface area (Å²) in [5.41, 5.74) is 9.05. The molecule has 0 aliphatic rings. The Labute approximate surface area is 141 Å². The van der Waals surface area contributed by atoms with Crippen LogP contribution in [0.2, 0.25) is 0 Å². The van der Waals surface area contributed by atoms with Crippen LogP contribution in [0.25, 0.3) is 11.0 Å². The number of fused-ring (bicyclic) bond motifs is 1. The van der Waals surface area contributed by atoms with Gasteiger partial charge in [-0.05, 0) is 30.5 Å². The molecule has 0 spiro atoms. The Morgan fingerprint density at radius 2 is 1.88 bits per heavy atom. The minimum Gasteiger partial charge on any atom is -0.355 e. The number of benzene rings is 2. The number of hydrogen-bond acceptors (Lipinski definition) is 3. The Bertz CT molecular complexity index is 764. The fourth-order valence-corrected chi connectivity index (χ4v) is 2.68. The van der Waals surface area contributed by atoms with Gasteiger partial charge < -0.3 is 16.0 Å². The second-order valence-corrected chi connectivity index (χ2v) is 5.89. The molecule has 1 aromatic heterocycles. The number of aromatic amines is 1. The average Bonchev–Trinajstić information content (AvgIpc) is 3.02. The Kier molecular flexibility index (Phi) is 5.23. The molecule has 3 aromatic rings. The van der Waals surface area contributed by atoms with Crippen molar-refractivity contribution < 1.29 is 4.79 Å². The molecule has 0 aliphatic heterocycles. The van der Waals surface area contributed by atoms with E-state index in [0.717, 1.165) is 35.3 Å². The van der Waals surface area contributed by atoms with E-state index in [1.54, 1.807) is 0 Å². The number of rotatable bonds is 7. The van der Waals surface area contributed by atoms with Crippen LogP contribution in [0, 0.1) is 0 Å². The molecular weight excluding hydrogens is 300 g/mol. The van der Waals surface area contributed by atoms with Crippen molar-refractivity contribution in [2.24, 2.45) is 5.73 Å². The minimum absolute atomic E-state index is 0.108. The van der Waals surface area contributed by atoms with Crippen LogP contribution in [-0.2, 0) is 17.6 Å². The van der Waals surface area contributed by atoms with Gasteiger partial charge in [0.15, 0.2) is 0 Å². The normalized spacial score (nSPS) is 12.2. The molecular formula is C19H22N4O. The van der Waals surface area contributed by atoms with Crippen molar-refractivity contribution in [1.82, 2.24) is 15.3 Å². The van der Waals surface area contributed by atoms with Crippen molar-refractivity contribution in [3.63, 3.8) is 0 Å². The molecule has 1 atom stereocenters. The molecule has 2 aromatic carbocycles. The van der Waals surface area contributed by atoms with Gasteiger partial charge in [-0.1, -0.05) is 42.5 Å².